The Bertz CT molecular complexity index is 606. The molecule has 1 N–H and O–H groups in total. The van der Waals surface area contributed by atoms with Gasteiger partial charge in [-0.2, -0.15) is 5.10 Å². The van der Waals surface area contributed by atoms with E-state index in [9.17, 15) is 0 Å². The van der Waals surface area contributed by atoms with E-state index in [2.05, 4.69) is 24.3 Å². The lowest BCUT2D eigenvalue weighted by Gasteiger charge is -2.11. The van der Waals surface area contributed by atoms with Crippen molar-refractivity contribution in [3.05, 3.63) is 30.0 Å². The maximum atomic E-state index is 5.46. The maximum absolute atomic E-state index is 5.46. The SMILES string of the molecule is COc1ccc(OC)c(-c2nn(C)cc2CNC(C)C)c1. The third-order valence-corrected chi connectivity index (χ3v) is 3.27. The number of nitrogens with zero attached hydrogens (tertiary/aromatic N) is 2. The summed E-state index contributed by atoms with van der Waals surface area (Å²) in [4.78, 5) is 0. The van der Waals surface area contributed by atoms with E-state index in [4.69, 9.17) is 9.47 Å². The topological polar surface area (TPSA) is 48.3 Å². The van der Waals surface area contributed by atoms with Gasteiger partial charge in [-0.1, -0.05) is 13.8 Å². The average Bonchev–Trinajstić information content (AvgIpc) is 2.85. The van der Waals surface area contributed by atoms with Crippen LogP contribution in [0.3, 0.4) is 0 Å². The molecule has 2 rings (SSSR count). The summed E-state index contributed by atoms with van der Waals surface area (Å²) >= 11 is 0. The third kappa shape index (κ3) is 3.55. The second-order valence-electron chi connectivity index (χ2n) is 5.28. The van der Waals surface area contributed by atoms with Crippen molar-refractivity contribution in [3.63, 3.8) is 0 Å². The molecular formula is C16H23N3O2. The van der Waals surface area contributed by atoms with Crippen molar-refractivity contribution >= 4 is 0 Å². The van der Waals surface area contributed by atoms with Gasteiger partial charge in [-0.25, -0.2) is 0 Å². The summed E-state index contributed by atoms with van der Waals surface area (Å²) in [7, 11) is 5.25. The van der Waals surface area contributed by atoms with Crippen LogP contribution in [-0.4, -0.2) is 30.0 Å². The van der Waals surface area contributed by atoms with Gasteiger partial charge < -0.3 is 14.8 Å². The first kappa shape index (κ1) is 15.4. The van der Waals surface area contributed by atoms with E-state index in [1.807, 2.05) is 36.1 Å². The summed E-state index contributed by atoms with van der Waals surface area (Å²) in [5, 5.41) is 8.01. The van der Waals surface area contributed by atoms with E-state index < -0.39 is 0 Å². The molecule has 2 aromatic rings. The number of rotatable bonds is 6. The van der Waals surface area contributed by atoms with Gasteiger partial charge in [0.1, 0.15) is 17.2 Å². The zero-order valence-electron chi connectivity index (χ0n) is 13.3. The van der Waals surface area contributed by atoms with Crippen molar-refractivity contribution < 1.29 is 9.47 Å². The van der Waals surface area contributed by atoms with E-state index >= 15 is 0 Å². The smallest absolute Gasteiger partial charge is 0.128 e. The molecule has 114 valence electrons. The van der Waals surface area contributed by atoms with Crippen LogP contribution in [0.15, 0.2) is 24.4 Å². The quantitative estimate of drug-likeness (QED) is 0.888. The van der Waals surface area contributed by atoms with Gasteiger partial charge in [-0.05, 0) is 18.2 Å². The van der Waals surface area contributed by atoms with Crippen LogP contribution in [0.4, 0.5) is 0 Å². The molecule has 0 radical (unpaired) electrons. The van der Waals surface area contributed by atoms with Crippen molar-refractivity contribution in [3.8, 4) is 22.8 Å². The Balaban J connectivity index is 2.45. The van der Waals surface area contributed by atoms with Gasteiger partial charge >= 0.3 is 0 Å². The zero-order valence-corrected chi connectivity index (χ0v) is 13.3. The Morgan fingerprint density at radius 3 is 2.62 bits per heavy atom. The third-order valence-electron chi connectivity index (χ3n) is 3.27. The number of ether oxygens (including phenoxy) is 2. The Morgan fingerprint density at radius 1 is 1.24 bits per heavy atom. The van der Waals surface area contributed by atoms with E-state index in [0.29, 0.717) is 6.04 Å². The van der Waals surface area contributed by atoms with Gasteiger partial charge in [0.2, 0.25) is 0 Å². The average molecular weight is 289 g/mol. The van der Waals surface area contributed by atoms with Gasteiger partial charge in [0, 0.05) is 37.0 Å². The molecular weight excluding hydrogens is 266 g/mol. The minimum absolute atomic E-state index is 0.422. The second kappa shape index (κ2) is 6.63. The van der Waals surface area contributed by atoms with Crippen molar-refractivity contribution in [2.75, 3.05) is 14.2 Å². The summed E-state index contributed by atoms with van der Waals surface area (Å²) in [5.74, 6) is 1.58. The van der Waals surface area contributed by atoms with Crippen molar-refractivity contribution in [2.24, 2.45) is 7.05 Å². The fourth-order valence-corrected chi connectivity index (χ4v) is 2.21. The first-order valence-corrected chi connectivity index (χ1v) is 7.03. The summed E-state index contributed by atoms with van der Waals surface area (Å²) in [6.45, 7) is 5.02. The van der Waals surface area contributed by atoms with Crippen LogP contribution >= 0.6 is 0 Å². The molecule has 0 fully saturated rings. The lowest BCUT2D eigenvalue weighted by molar-refractivity contribution is 0.404. The standard InChI is InChI=1S/C16H23N3O2/c1-11(2)17-9-12-10-19(3)18-16(12)14-8-13(20-4)6-7-15(14)21-5/h6-8,10-11,17H,9H2,1-5H3. The van der Waals surface area contributed by atoms with Crippen LogP contribution in [0.25, 0.3) is 11.3 Å². The monoisotopic (exact) mass is 289 g/mol. The fraction of sp³-hybridized carbons (Fsp3) is 0.438. The first-order valence-electron chi connectivity index (χ1n) is 7.03. The molecule has 1 aromatic carbocycles. The number of benzene rings is 1. The minimum atomic E-state index is 0.422. The Morgan fingerprint density at radius 2 is 2.00 bits per heavy atom. The first-order chi connectivity index (χ1) is 10.0. The number of aromatic nitrogens is 2. The molecule has 1 heterocycles. The van der Waals surface area contributed by atoms with Crippen LogP contribution in [0, 0.1) is 0 Å². The van der Waals surface area contributed by atoms with E-state index in [0.717, 1.165) is 34.9 Å². The minimum Gasteiger partial charge on any atom is -0.497 e. The lowest BCUT2D eigenvalue weighted by Crippen LogP contribution is -2.21. The van der Waals surface area contributed by atoms with E-state index in [-0.39, 0.29) is 0 Å². The Kier molecular flexibility index (Phi) is 4.85. The largest absolute Gasteiger partial charge is 0.497 e. The van der Waals surface area contributed by atoms with Crippen LogP contribution in [0.5, 0.6) is 11.5 Å². The van der Waals surface area contributed by atoms with Gasteiger partial charge in [0.25, 0.3) is 0 Å². The highest BCUT2D eigenvalue weighted by atomic mass is 16.5. The van der Waals surface area contributed by atoms with Gasteiger partial charge in [-0.15, -0.1) is 0 Å². The molecule has 0 amide bonds. The molecule has 0 aliphatic carbocycles. The lowest BCUT2D eigenvalue weighted by atomic mass is 10.1. The molecule has 5 nitrogen and oxygen atoms in total. The fourth-order valence-electron chi connectivity index (χ4n) is 2.21. The molecule has 0 saturated heterocycles. The summed E-state index contributed by atoms with van der Waals surface area (Å²) in [6, 6.07) is 6.17. The Hall–Kier alpha value is -2.01. The van der Waals surface area contributed by atoms with Crippen LogP contribution in [0.2, 0.25) is 0 Å². The summed E-state index contributed by atoms with van der Waals surface area (Å²) in [5.41, 5.74) is 3.00. The molecule has 0 bridgehead atoms. The molecule has 5 heteroatoms. The van der Waals surface area contributed by atoms with Gasteiger partial charge in [-0.3, -0.25) is 4.68 Å². The van der Waals surface area contributed by atoms with E-state index in [1.54, 1.807) is 14.2 Å². The van der Waals surface area contributed by atoms with Crippen LogP contribution in [-0.2, 0) is 13.6 Å². The number of aryl methyl sites for hydroxylation is 1. The molecule has 0 saturated carbocycles. The molecule has 0 spiro atoms. The van der Waals surface area contributed by atoms with Crippen molar-refractivity contribution in [1.82, 2.24) is 15.1 Å². The highest BCUT2D eigenvalue weighted by Gasteiger charge is 2.15. The van der Waals surface area contributed by atoms with Crippen LogP contribution < -0.4 is 14.8 Å². The Labute approximate surface area is 125 Å². The molecule has 0 aliphatic heterocycles. The van der Waals surface area contributed by atoms with Crippen LogP contribution in [0.1, 0.15) is 19.4 Å². The predicted octanol–water partition coefficient (Wildman–Crippen LogP) is 2.60. The molecule has 1 aromatic heterocycles. The molecule has 0 aliphatic rings. The summed E-state index contributed by atoms with van der Waals surface area (Å²) in [6.07, 6.45) is 2.03. The number of nitrogens with one attached hydrogen (secondary N) is 1. The van der Waals surface area contributed by atoms with Crippen molar-refractivity contribution in [1.29, 1.82) is 0 Å². The number of methoxy groups -OCH3 is 2. The van der Waals surface area contributed by atoms with Crippen molar-refractivity contribution in [2.45, 2.75) is 26.4 Å². The zero-order chi connectivity index (χ0) is 15.4. The highest BCUT2D eigenvalue weighted by Crippen LogP contribution is 2.34. The normalized spacial score (nSPS) is 11.0. The summed E-state index contributed by atoms with van der Waals surface area (Å²) < 4.78 is 12.6. The predicted molar refractivity (Wildman–Crippen MR) is 83.7 cm³/mol. The number of hydrogen-bond donors (Lipinski definition) is 1. The second-order valence-corrected chi connectivity index (χ2v) is 5.28. The highest BCUT2D eigenvalue weighted by molar-refractivity contribution is 5.71. The molecule has 0 atom stereocenters. The van der Waals surface area contributed by atoms with E-state index in [1.165, 1.54) is 0 Å². The van der Waals surface area contributed by atoms with Gasteiger partial charge in [0.15, 0.2) is 0 Å². The molecule has 0 unspecified atom stereocenters. The molecule has 21 heavy (non-hydrogen) atoms. The number of hydrogen-bond acceptors (Lipinski definition) is 4. The van der Waals surface area contributed by atoms with Gasteiger partial charge in [0.05, 0.1) is 14.2 Å². The maximum Gasteiger partial charge on any atom is 0.128 e.